The summed E-state index contributed by atoms with van der Waals surface area (Å²) in [5, 5.41) is 11.4. The Balaban J connectivity index is 2.47. The third-order valence-electron chi connectivity index (χ3n) is 4.77. The molecule has 0 heterocycles. The van der Waals surface area contributed by atoms with E-state index in [0.717, 1.165) is 5.56 Å². The summed E-state index contributed by atoms with van der Waals surface area (Å²) >= 11 is 0. The van der Waals surface area contributed by atoms with E-state index < -0.39 is 17.4 Å². The van der Waals surface area contributed by atoms with Gasteiger partial charge < -0.3 is 19.3 Å². The maximum Gasteiger partial charge on any atom is 0.273 e. The minimum atomic E-state index is -0.754. The van der Waals surface area contributed by atoms with Crippen LogP contribution in [0.2, 0.25) is 0 Å². The first-order valence-corrected chi connectivity index (χ1v) is 9.85. The zero-order valence-electron chi connectivity index (χ0n) is 19.0. The molecule has 2 amide bonds. The molecule has 8 nitrogen and oxygen atoms in total. The number of hydrazine groups is 1. The van der Waals surface area contributed by atoms with E-state index in [9.17, 15) is 14.7 Å². The van der Waals surface area contributed by atoms with Crippen LogP contribution in [0.25, 0.3) is 0 Å². The lowest BCUT2D eigenvalue weighted by Gasteiger charge is -2.35. The fourth-order valence-electron chi connectivity index (χ4n) is 3.17. The van der Waals surface area contributed by atoms with Gasteiger partial charge in [0.05, 0.1) is 26.9 Å². The van der Waals surface area contributed by atoms with Crippen molar-refractivity contribution in [1.29, 1.82) is 0 Å². The van der Waals surface area contributed by atoms with Gasteiger partial charge in [-0.05, 0) is 51.5 Å². The van der Waals surface area contributed by atoms with Gasteiger partial charge in [-0.1, -0.05) is 13.0 Å². The number of hydrogen-bond acceptors (Lipinski definition) is 6. The molecule has 0 saturated heterocycles. The predicted molar refractivity (Wildman–Crippen MR) is 117 cm³/mol. The number of nitrogens with one attached hydrogen (secondary N) is 1. The molecule has 0 saturated carbocycles. The lowest BCUT2D eigenvalue weighted by atomic mass is 10.0. The first-order chi connectivity index (χ1) is 14.6. The Hall–Kier alpha value is -3.42. The summed E-state index contributed by atoms with van der Waals surface area (Å²) in [6.45, 7) is 7.32. The zero-order chi connectivity index (χ0) is 23.3. The highest BCUT2D eigenvalue weighted by Gasteiger charge is 2.31. The molecule has 0 aromatic heterocycles. The third-order valence-corrected chi connectivity index (χ3v) is 4.77. The molecule has 2 aromatic rings. The lowest BCUT2D eigenvalue weighted by Crippen LogP contribution is -2.56. The summed E-state index contributed by atoms with van der Waals surface area (Å²) in [4.78, 5) is 26.5. The molecule has 0 spiro atoms. The number of carbonyl (C=O) groups excluding carboxylic acids is 2. The number of benzene rings is 2. The second-order valence-electron chi connectivity index (χ2n) is 7.82. The smallest absolute Gasteiger partial charge is 0.273 e. The van der Waals surface area contributed by atoms with Crippen molar-refractivity contribution in [2.45, 2.75) is 39.7 Å². The minimum absolute atomic E-state index is 0.0870. The van der Waals surface area contributed by atoms with Crippen LogP contribution >= 0.6 is 0 Å². The maximum atomic E-state index is 13.4. The Bertz CT molecular complexity index is 940. The fraction of sp³-hybridized carbons (Fsp3) is 0.391. The van der Waals surface area contributed by atoms with Gasteiger partial charge in [0.15, 0.2) is 11.5 Å². The van der Waals surface area contributed by atoms with Crippen LogP contribution in [0.3, 0.4) is 0 Å². The van der Waals surface area contributed by atoms with Crippen LogP contribution in [-0.4, -0.2) is 48.8 Å². The molecule has 0 fully saturated rings. The Morgan fingerprint density at radius 2 is 1.55 bits per heavy atom. The van der Waals surface area contributed by atoms with Gasteiger partial charge in [-0.3, -0.25) is 15.0 Å². The summed E-state index contributed by atoms with van der Waals surface area (Å²) in [7, 11) is 4.30. The molecular formula is C23H30N2O6. The summed E-state index contributed by atoms with van der Waals surface area (Å²) < 4.78 is 15.7. The normalized spacial score (nSPS) is 10.9. The number of aromatic hydroxyl groups is 1. The Labute approximate surface area is 182 Å². The van der Waals surface area contributed by atoms with Crippen LogP contribution in [0.5, 0.6) is 23.0 Å². The van der Waals surface area contributed by atoms with Crippen LogP contribution in [0, 0.1) is 0 Å². The number of carbonyl (C=O) groups is 2. The van der Waals surface area contributed by atoms with Gasteiger partial charge in [0.25, 0.3) is 11.8 Å². The van der Waals surface area contributed by atoms with Gasteiger partial charge in [0, 0.05) is 16.7 Å². The molecule has 0 aliphatic heterocycles. The van der Waals surface area contributed by atoms with Crippen LogP contribution in [-0.2, 0) is 6.42 Å². The van der Waals surface area contributed by atoms with Crippen LogP contribution in [0.15, 0.2) is 30.3 Å². The van der Waals surface area contributed by atoms with E-state index in [1.807, 2.05) is 6.92 Å². The van der Waals surface area contributed by atoms with Crippen molar-refractivity contribution in [3.05, 3.63) is 47.0 Å². The van der Waals surface area contributed by atoms with E-state index in [1.54, 1.807) is 46.1 Å². The van der Waals surface area contributed by atoms with Crippen LogP contribution < -0.4 is 19.6 Å². The molecule has 31 heavy (non-hydrogen) atoms. The van der Waals surface area contributed by atoms with E-state index in [0.29, 0.717) is 17.7 Å². The standard InChI is InChI=1S/C23H30N2O6/c1-8-15-16(10-9-11-17(15)29-5)21(27)24-25(23(2,3)4)22(28)14-12-18(30-6)20(26)19(13-14)31-7/h9-13,26H,8H2,1-7H3,(H,24,27). The third kappa shape index (κ3) is 5.02. The van der Waals surface area contributed by atoms with E-state index in [1.165, 1.54) is 31.4 Å². The molecule has 0 bridgehead atoms. The predicted octanol–water partition coefficient (Wildman–Crippen LogP) is 3.57. The number of rotatable bonds is 6. The van der Waals surface area contributed by atoms with E-state index in [-0.39, 0.29) is 22.8 Å². The van der Waals surface area contributed by atoms with Gasteiger partial charge in [-0.25, -0.2) is 5.01 Å². The maximum absolute atomic E-state index is 13.4. The van der Waals surface area contributed by atoms with Gasteiger partial charge in [-0.15, -0.1) is 0 Å². The van der Waals surface area contributed by atoms with Crippen molar-refractivity contribution in [1.82, 2.24) is 10.4 Å². The number of phenolic OH excluding ortho intramolecular Hbond substituents is 1. The molecule has 2 N–H and O–H groups in total. The highest BCUT2D eigenvalue weighted by Crippen LogP contribution is 2.37. The average Bonchev–Trinajstić information content (AvgIpc) is 2.75. The molecule has 0 aliphatic carbocycles. The molecule has 0 aliphatic rings. The van der Waals surface area contributed by atoms with Crippen LogP contribution in [0.1, 0.15) is 54.0 Å². The summed E-state index contributed by atoms with van der Waals surface area (Å²) in [5.74, 6) is -0.350. The van der Waals surface area contributed by atoms with E-state index in [4.69, 9.17) is 14.2 Å². The Morgan fingerprint density at radius 1 is 1.00 bits per heavy atom. The Morgan fingerprint density at radius 3 is 2.00 bits per heavy atom. The number of phenols is 1. The van der Waals surface area contributed by atoms with E-state index >= 15 is 0 Å². The molecule has 0 radical (unpaired) electrons. The summed E-state index contributed by atoms with van der Waals surface area (Å²) in [6.07, 6.45) is 0.586. The van der Waals surface area contributed by atoms with E-state index in [2.05, 4.69) is 5.43 Å². The largest absolute Gasteiger partial charge is 0.502 e. The van der Waals surface area contributed by atoms with Crippen molar-refractivity contribution in [2.24, 2.45) is 0 Å². The number of nitrogens with zero attached hydrogens (tertiary/aromatic N) is 1. The lowest BCUT2D eigenvalue weighted by molar-refractivity contribution is 0.0357. The van der Waals surface area contributed by atoms with Gasteiger partial charge in [0.2, 0.25) is 5.75 Å². The second-order valence-corrected chi connectivity index (χ2v) is 7.82. The number of amides is 2. The first kappa shape index (κ1) is 23.9. The summed E-state index contributed by atoms with van der Waals surface area (Å²) in [6, 6.07) is 8.00. The van der Waals surface area contributed by atoms with Crippen molar-refractivity contribution in [3.63, 3.8) is 0 Å². The topological polar surface area (TPSA) is 97.3 Å². The van der Waals surface area contributed by atoms with Gasteiger partial charge in [0.1, 0.15) is 5.75 Å². The molecule has 0 atom stereocenters. The van der Waals surface area contributed by atoms with Crippen molar-refractivity contribution < 1.29 is 28.9 Å². The number of hydrogen-bond donors (Lipinski definition) is 2. The fourth-order valence-corrected chi connectivity index (χ4v) is 3.17. The molecule has 168 valence electrons. The van der Waals surface area contributed by atoms with Gasteiger partial charge in [-0.2, -0.15) is 0 Å². The number of ether oxygens (including phenoxy) is 3. The second kappa shape index (κ2) is 9.59. The Kier molecular flexibility index (Phi) is 7.38. The number of methoxy groups -OCH3 is 3. The van der Waals surface area contributed by atoms with Gasteiger partial charge >= 0.3 is 0 Å². The summed E-state index contributed by atoms with van der Waals surface area (Å²) in [5.41, 5.74) is 3.33. The molecular weight excluding hydrogens is 400 g/mol. The zero-order valence-corrected chi connectivity index (χ0v) is 19.0. The average molecular weight is 431 g/mol. The molecule has 0 unspecified atom stereocenters. The quantitative estimate of drug-likeness (QED) is 0.680. The highest BCUT2D eigenvalue weighted by molar-refractivity contribution is 6.01. The minimum Gasteiger partial charge on any atom is -0.502 e. The van der Waals surface area contributed by atoms with Crippen molar-refractivity contribution in [3.8, 4) is 23.0 Å². The van der Waals surface area contributed by atoms with Crippen molar-refractivity contribution in [2.75, 3.05) is 21.3 Å². The first-order valence-electron chi connectivity index (χ1n) is 9.85. The molecule has 8 heteroatoms. The monoisotopic (exact) mass is 430 g/mol. The molecule has 2 aromatic carbocycles. The van der Waals surface area contributed by atoms with Crippen molar-refractivity contribution >= 4 is 11.8 Å². The van der Waals surface area contributed by atoms with Crippen LogP contribution in [0.4, 0.5) is 0 Å². The highest BCUT2D eigenvalue weighted by atomic mass is 16.5. The molecule has 2 rings (SSSR count). The SMILES string of the molecule is CCc1c(OC)cccc1C(=O)NN(C(=O)c1cc(OC)c(O)c(OC)c1)C(C)(C)C.